The topological polar surface area (TPSA) is 34.1 Å². The Morgan fingerprint density at radius 1 is 1.04 bits per heavy atom. The molecule has 0 saturated heterocycles. The van der Waals surface area contributed by atoms with Crippen LogP contribution in [-0.4, -0.2) is 18.1 Å². The highest BCUT2D eigenvalue weighted by Crippen LogP contribution is 2.24. The third-order valence-corrected chi connectivity index (χ3v) is 4.26. The van der Waals surface area contributed by atoms with Gasteiger partial charge in [0.25, 0.3) is 0 Å². The van der Waals surface area contributed by atoms with Crippen molar-refractivity contribution in [3.63, 3.8) is 0 Å². The SMILES string of the molecule is Cc1ccc(OCCCNc2nc(-c3ccccc3)cs2)cc1. The molecule has 3 rings (SSSR count). The molecule has 3 aromatic rings. The zero-order valence-corrected chi connectivity index (χ0v) is 14.0. The maximum atomic E-state index is 5.72. The van der Waals surface area contributed by atoms with Crippen molar-refractivity contribution in [2.45, 2.75) is 13.3 Å². The van der Waals surface area contributed by atoms with Crippen LogP contribution in [0.2, 0.25) is 0 Å². The normalized spacial score (nSPS) is 10.5. The van der Waals surface area contributed by atoms with Gasteiger partial charge in [-0.3, -0.25) is 0 Å². The quantitative estimate of drug-likeness (QED) is 0.621. The van der Waals surface area contributed by atoms with Gasteiger partial charge in [-0.05, 0) is 25.5 Å². The van der Waals surface area contributed by atoms with Crippen molar-refractivity contribution >= 4 is 16.5 Å². The van der Waals surface area contributed by atoms with E-state index in [0.717, 1.165) is 35.1 Å². The Morgan fingerprint density at radius 2 is 1.83 bits per heavy atom. The van der Waals surface area contributed by atoms with Crippen LogP contribution in [0.1, 0.15) is 12.0 Å². The van der Waals surface area contributed by atoms with Gasteiger partial charge in [0, 0.05) is 17.5 Å². The van der Waals surface area contributed by atoms with Crippen molar-refractivity contribution in [3.8, 4) is 17.0 Å². The van der Waals surface area contributed by atoms with Crippen molar-refractivity contribution in [3.05, 3.63) is 65.5 Å². The summed E-state index contributed by atoms with van der Waals surface area (Å²) in [5, 5.41) is 6.40. The fourth-order valence-electron chi connectivity index (χ4n) is 2.19. The van der Waals surface area contributed by atoms with E-state index in [1.165, 1.54) is 5.56 Å². The summed E-state index contributed by atoms with van der Waals surface area (Å²) in [7, 11) is 0. The number of ether oxygens (including phenoxy) is 1. The molecule has 0 atom stereocenters. The number of benzene rings is 2. The van der Waals surface area contributed by atoms with E-state index in [4.69, 9.17) is 4.74 Å². The van der Waals surface area contributed by atoms with E-state index in [2.05, 4.69) is 46.9 Å². The van der Waals surface area contributed by atoms with E-state index in [1.807, 2.05) is 30.3 Å². The molecule has 0 unspecified atom stereocenters. The van der Waals surface area contributed by atoms with Crippen LogP contribution in [0.25, 0.3) is 11.3 Å². The molecule has 0 aliphatic heterocycles. The predicted octanol–water partition coefficient (Wildman–Crippen LogP) is 5.00. The fourth-order valence-corrected chi connectivity index (χ4v) is 2.94. The zero-order valence-electron chi connectivity index (χ0n) is 13.2. The number of nitrogens with zero attached hydrogens (tertiary/aromatic N) is 1. The van der Waals surface area contributed by atoms with E-state index < -0.39 is 0 Å². The molecule has 4 heteroatoms. The van der Waals surface area contributed by atoms with Crippen molar-refractivity contribution < 1.29 is 4.74 Å². The van der Waals surface area contributed by atoms with Crippen molar-refractivity contribution in [2.24, 2.45) is 0 Å². The molecule has 0 aliphatic rings. The first-order valence-electron chi connectivity index (χ1n) is 7.75. The summed E-state index contributed by atoms with van der Waals surface area (Å²) in [6, 6.07) is 18.4. The lowest BCUT2D eigenvalue weighted by Gasteiger charge is -2.06. The van der Waals surface area contributed by atoms with E-state index >= 15 is 0 Å². The molecular formula is C19H20N2OS. The van der Waals surface area contributed by atoms with Crippen LogP contribution in [-0.2, 0) is 0 Å². The molecule has 118 valence electrons. The number of thiazole rings is 1. The van der Waals surface area contributed by atoms with E-state index in [1.54, 1.807) is 11.3 Å². The van der Waals surface area contributed by atoms with Gasteiger partial charge in [0.15, 0.2) is 5.13 Å². The van der Waals surface area contributed by atoms with Gasteiger partial charge in [0.2, 0.25) is 0 Å². The fraction of sp³-hybridized carbons (Fsp3) is 0.211. The monoisotopic (exact) mass is 324 g/mol. The number of hydrogen-bond acceptors (Lipinski definition) is 4. The highest BCUT2D eigenvalue weighted by molar-refractivity contribution is 7.14. The van der Waals surface area contributed by atoms with Crippen LogP contribution < -0.4 is 10.1 Å². The number of hydrogen-bond donors (Lipinski definition) is 1. The predicted molar refractivity (Wildman–Crippen MR) is 97.3 cm³/mol. The van der Waals surface area contributed by atoms with E-state index in [-0.39, 0.29) is 0 Å². The van der Waals surface area contributed by atoms with E-state index in [0.29, 0.717) is 6.61 Å². The van der Waals surface area contributed by atoms with Crippen molar-refractivity contribution in [2.75, 3.05) is 18.5 Å². The Bertz CT molecular complexity index is 723. The lowest BCUT2D eigenvalue weighted by Crippen LogP contribution is -2.07. The Balaban J connectivity index is 1.41. The Labute approximate surface area is 141 Å². The maximum Gasteiger partial charge on any atom is 0.183 e. The smallest absolute Gasteiger partial charge is 0.183 e. The number of anilines is 1. The molecule has 1 aromatic heterocycles. The van der Waals surface area contributed by atoms with Gasteiger partial charge in [-0.1, -0.05) is 48.0 Å². The molecule has 2 aromatic carbocycles. The molecule has 0 fully saturated rings. The summed E-state index contributed by atoms with van der Waals surface area (Å²) in [5.74, 6) is 0.927. The van der Waals surface area contributed by atoms with Crippen molar-refractivity contribution in [1.29, 1.82) is 0 Å². The summed E-state index contributed by atoms with van der Waals surface area (Å²) in [6.45, 7) is 3.63. The van der Waals surface area contributed by atoms with E-state index in [9.17, 15) is 0 Å². The molecule has 0 aliphatic carbocycles. The second-order valence-electron chi connectivity index (χ2n) is 5.35. The standard InChI is InChI=1S/C19H20N2OS/c1-15-8-10-17(11-9-15)22-13-5-12-20-19-21-18(14-23-19)16-6-3-2-4-7-16/h2-4,6-11,14H,5,12-13H2,1H3,(H,20,21). The molecule has 0 radical (unpaired) electrons. The minimum atomic E-state index is 0.701. The third-order valence-electron chi connectivity index (χ3n) is 3.46. The Morgan fingerprint density at radius 3 is 2.61 bits per heavy atom. The molecule has 3 nitrogen and oxygen atoms in total. The summed E-state index contributed by atoms with van der Waals surface area (Å²) in [4.78, 5) is 4.61. The van der Waals surface area contributed by atoms with Gasteiger partial charge in [-0.2, -0.15) is 0 Å². The van der Waals surface area contributed by atoms with Gasteiger partial charge in [-0.25, -0.2) is 4.98 Å². The van der Waals surface area contributed by atoms with Gasteiger partial charge < -0.3 is 10.1 Å². The van der Waals surface area contributed by atoms with Crippen molar-refractivity contribution in [1.82, 2.24) is 4.98 Å². The molecule has 23 heavy (non-hydrogen) atoms. The van der Waals surface area contributed by atoms with Crippen LogP contribution in [0.15, 0.2) is 60.0 Å². The Hall–Kier alpha value is -2.33. The van der Waals surface area contributed by atoms with Gasteiger partial charge in [0.1, 0.15) is 5.75 Å². The summed E-state index contributed by atoms with van der Waals surface area (Å²) in [6.07, 6.45) is 0.939. The molecule has 0 saturated carbocycles. The molecule has 0 spiro atoms. The summed E-state index contributed by atoms with van der Waals surface area (Å²) >= 11 is 1.64. The first kappa shape index (κ1) is 15.6. The molecule has 1 heterocycles. The zero-order chi connectivity index (χ0) is 15.9. The minimum Gasteiger partial charge on any atom is -0.494 e. The third kappa shape index (κ3) is 4.57. The Kier molecular flexibility index (Phi) is 5.27. The summed E-state index contributed by atoms with van der Waals surface area (Å²) < 4.78 is 5.72. The lowest BCUT2D eigenvalue weighted by atomic mass is 10.2. The molecule has 0 amide bonds. The average molecular weight is 324 g/mol. The minimum absolute atomic E-state index is 0.701. The number of aryl methyl sites for hydroxylation is 1. The van der Waals surface area contributed by atoms with Crippen LogP contribution in [0.4, 0.5) is 5.13 Å². The molecular weight excluding hydrogens is 304 g/mol. The van der Waals surface area contributed by atoms with Crippen LogP contribution in [0.3, 0.4) is 0 Å². The first-order chi connectivity index (χ1) is 11.3. The largest absolute Gasteiger partial charge is 0.494 e. The van der Waals surface area contributed by atoms with Crippen LogP contribution >= 0.6 is 11.3 Å². The second-order valence-corrected chi connectivity index (χ2v) is 6.20. The first-order valence-corrected chi connectivity index (χ1v) is 8.63. The summed E-state index contributed by atoms with van der Waals surface area (Å²) in [5.41, 5.74) is 3.42. The molecule has 0 bridgehead atoms. The van der Waals surface area contributed by atoms with Crippen LogP contribution in [0.5, 0.6) is 5.75 Å². The number of aromatic nitrogens is 1. The maximum absolute atomic E-state index is 5.72. The average Bonchev–Trinajstić information content (AvgIpc) is 3.06. The highest BCUT2D eigenvalue weighted by atomic mass is 32.1. The second kappa shape index (κ2) is 7.79. The lowest BCUT2D eigenvalue weighted by molar-refractivity contribution is 0.315. The highest BCUT2D eigenvalue weighted by Gasteiger charge is 2.03. The van der Waals surface area contributed by atoms with Gasteiger partial charge in [-0.15, -0.1) is 11.3 Å². The number of rotatable bonds is 7. The van der Waals surface area contributed by atoms with Gasteiger partial charge in [0.05, 0.1) is 12.3 Å². The van der Waals surface area contributed by atoms with Gasteiger partial charge >= 0.3 is 0 Å². The molecule has 1 N–H and O–H groups in total. The van der Waals surface area contributed by atoms with Crippen LogP contribution in [0, 0.1) is 6.92 Å². The number of nitrogens with one attached hydrogen (secondary N) is 1.